The minimum atomic E-state index is 0.728. The Hall–Kier alpha value is -1.40. The fourth-order valence-corrected chi connectivity index (χ4v) is 1.94. The number of aryl methyl sites for hydroxylation is 3. The summed E-state index contributed by atoms with van der Waals surface area (Å²) in [6.07, 6.45) is 1.93. The van der Waals surface area contributed by atoms with Crippen LogP contribution in [-0.2, 0) is 19.6 Å². The van der Waals surface area contributed by atoms with Crippen molar-refractivity contribution in [1.29, 1.82) is 0 Å². The normalized spacial score (nSPS) is 11.1. The van der Waals surface area contributed by atoms with Gasteiger partial charge in [-0.2, -0.15) is 5.10 Å². The lowest BCUT2D eigenvalue weighted by molar-refractivity contribution is 0.481. The zero-order valence-corrected chi connectivity index (χ0v) is 11.6. The van der Waals surface area contributed by atoms with Crippen LogP contribution in [0.2, 0.25) is 5.02 Å². The minimum Gasteiger partial charge on any atom is -0.314 e. The lowest BCUT2D eigenvalue weighted by Gasteiger charge is -2.03. The summed E-state index contributed by atoms with van der Waals surface area (Å²) < 4.78 is 3.72. The Kier molecular flexibility index (Phi) is 3.98. The second-order valence-electron chi connectivity index (χ2n) is 4.21. The molecule has 0 saturated carbocycles. The number of hydrogen-bond donors (Lipinski definition) is 1. The summed E-state index contributed by atoms with van der Waals surface area (Å²) in [5.41, 5.74) is 2.79. The van der Waals surface area contributed by atoms with Crippen LogP contribution in [0.4, 0.5) is 0 Å². The van der Waals surface area contributed by atoms with Crippen LogP contribution in [0.5, 0.6) is 0 Å². The predicted molar refractivity (Wildman–Crippen MR) is 69.5 cm³/mol. The summed E-state index contributed by atoms with van der Waals surface area (Å²) in [7, 11) is 1.89. The molecule has 0 radical (unpaired) electrons. The number of rotatable bonds is 5. The van der Waals surface area contributed by atoms with Gasteiger partial charge in [-0.1, -0.05) is 16.8 Å². The van der Waals surface area contributed by atoms with Gasteiger partial charge in [0.15, 0.2) is 0 Å². The van der Waals surface area contributed by atoms with E-state index in [1.807, 2.05) is 36.5 Å². The largest absolute Gasteiger partial charge is 0.314 e. The second-order valence-corrected chi connectivity index (χ2v) is 4.59. The first-order chi connectivity index (χ1) is 8.61. The number of nitrogens with one attached hydrogen (secondary N) is 1. The Morgan fingerprint density at radius 2 is 2.11 bits per heavy atom. The van der Waals surface area contributed by atoms with Gasteiger partial charge < -0.3 is 5.32 Å². The molecule has 2 aromatic heterocycles. The van der Waals surface area contributed by atoms with E-state index in [-0.39, 0.29) is 0 Å². The van der Waals surface area contributed by atoms with E-state index in [9.17, 15) is 0 Å². The zero-order chi connectivity index (χ0) is 13.1. The fourth-order valence-electron chi connectivity index (χ4n) is 1.80. The van der Waals surface area contributed by atoms with Crippen molar-refractivity contribution in [3.8, 4) is 0 Å². The number of hydrogen-bond acceptors (Lipinski definition) is 4. The van der Waals surface area contributed by atoms with Gasteiger partial charge in [-0.05, 0) is 20.9 Å². The van der Waals surface area contributed by atoms with Crippen LogP contribution in [0.15, 0.2) is 6.20 Å². The van der Waals surface area contributed by atoms with E-state index in [4.69, 9.17) is 11.6 Å². The Balaban J connectivity index is 2.00. The van der Waals surface area contributed by atoms with Crippen molar-refractivity contribution in [3.63, 3.8) is 0 Å². The van der Waals surface area contributed by atoms with Gasteiger partial charge >= 0.3 is 0 Å². The summed E-state index contributed by atoms with van der Waals surface area (Å²) in [6, 6.07) is 0. The van der Waals surface area contributed by atoms with Gasteiger partial charge in [0.1, 0.15) is 0 Å². The van der Waals surface area contributed by atoms with Crippen molar-refractivity contribution >= 4 is 11.6 Å². The molecule has 98 valence electrons. The van der Waals surface area contributed by atoms with E-state index in [0.29, 0.717) is 0 Å². The predicted octanol–water partition coefficient (Wildman–Crippen LogP) is 1.16. The van der Waals surface area contributed by atoms with Crippen LogP contribution in [-0.4, -0.2) is 31.8 Å². The molecule has 0 spiro atoms. The summed E-state index contributed by atoms with van der Waals surface area (Å²) in [4.78, 5) is 0. The monoisotopic (exact) mass is 268 g/mol. The fraction of sp³-hybridized carbons (Fsp3) is 0.545. The summed E-state index contributed by atoms with van der Waals surface area (Å²) in [5, 5.41) is 16.3. The van der Waals surface area contributed by atoms with E-state index in [0.717, 1.165) is 41.7 Å². The van der Waals surface area contributed by atoms with Gasteiger partial charge in [0.05, 0.1) is 35.2 Å². The molecular weight excluding hydrogens is 252 g/mol. The Labute approximate surface area is 111 Å². The molecule has 7 heteroatoms. The molecule has 0 saturated heterocycles. The molecule has 0 aliphatic rings. The molecule has 0 aliphatic heterocycles. The lowest BCUT2D eigenvalue weighted by atomic mass is 10.4. The van der Waals surface area contributed by atoms with E-state index < -0.39 is 0 Å². The molecule has 0 bridgehead atoms. The molecule has 1 N–H and O–H groups in total. The van der Waals surface area contributed by atoms with E-state index in [1.165, 1.54) is 0 Å². The number of nitrogens with zero attached hydrogens (tertiary/aromatic N) is 5. The maximum Gasteiger partial charge on any atom is 0.0964 e. The van der Waals surface area contributed by atoms with Gasteiger partial charge in [0, 0.05) is 12.7 Å². The highest BCUT2D eigenvalue weighted by Gasteiger charge is 2.09. The molecule has 0 fully saturated rings. The molecule has 18 heavy (non-hydrogen) atoms. The van der Waals surface area contributed by atoms with Crippen LogP contribution < -0.4 is 5.32 Å². The first-order valence-electron chi connectivity index (χ1n) is 5.85. The van der Waals surface area contributed by atoms with Crippen molar-refractivity contribution in [3.05, 3.63) is 28.3 Å². The molecule has 0 amide bonds. The van der Waals surface area contributed by atoms with Gasteiger partial charge in [-0.25, -0.2) is 0 Å². The maximum atomic E-state index is 6.10. The number of aromatic nitrogens is 5. The van der Waals surface area contributed by atoms with Crippen molar-refractivity contribution in [2.24, 2.45) is 0 Å². The Bertz CT molecular complexity index is 530. The lowest BCUT2D eigenvalue weighted by Crippen LogP contribution is -2.10. The SMILES string of the molecule is CNCc1cn(CCn2nc(C)c(Cl)c2C)nn1. The third-order valence-electron chi connectivity index (χ3n) is 2.78. The standard InChI is InChI=1S/C11H17ClN6/c1-8-11(12)9(2)18(15-8)5-4-17-7-10(6-13-3)14-16-17/h7,13H,4-6H2,1-3H3. The molecule has 0 atom stereocenters. The van der Waals surface area contributed by atoms with Crippen LogP contribution in [0.25, 0.3) is 0 Å². The van der Waals surface area contributed by atoms with E-state index >= 15 is 0 Å². The highest BCUT2D eigenvalue weighted by atomic mass is 35.5. The Morgan fingerprint density at radius 1 is 1.33 bits per heavy atom. The first-order valence-corrected chi connectivity index (χ1v) is 6.22. The van der Waals surface area contributed by atoms with Gasteiger partial charge in [-0.3, -0.25) is 9.36 Å². The van der Waals surface area contributed by atoms with Crippen LogP contribution in [0, 0.1) is 13.8 Å². The first kappa shape index (κ1) is 13.0. The molecule has 0 aromatic carbocycles. The molecule has 2 rings (SSSR count). The molecule has 0 aliphatic carbocycles. The molecule has 6 nitrogen and oxygen atoms in total. The molecular formula is C11H17ClN6. The zero-order valence-electron chi connectivity index (χ0n) is 10.8. The van der Waals surface area contributed by atoms with Crippen LogP contribution >= 0.6 is 11.6 Å². The van der Waals surface area contributed by atoms with E-state index in [1.54, 1.807) is 0 Å². The van der Waals surface area contributed by atoms with Crippen molar-refractivity contribution in [1.82, 2.24) is 30.1 Å². The van der Waals surface area contributed by atoms with Crippen molar-refractivity contribution < 1.29 is 0 Å². The third kappa shape index (κ3) is 2.70. The average Bonchev–Trinajstić information content (AvgIpc) is 2.88. The second kappa shape index (κ2) is 5.49. The summed E-state index contributed by atoms with van der Waals surface area (Å²) >= 11 is 6.10. The van der Waals surface area contributed by atoms with Gasteiger partial charge in [0.25, 0.3) is 0 Å². The van der Waals surface area contributed by atoms with Gasteiger partial charge in [-0.15, -0.1) is 5.10 Å². The van der Waals surface area contributed by atoms with Crippen molar-refractivity contribution in [2.75, 3.05) is 7.05 Å². The highest BCUT2D eigenvalue weighted by molar-refractivity contribution is 6.31. The maximum absolute atomic E-state index is 6.10. The van der Waals surface area contributed by atoms with Gasteiger partial charge in [0.2, 0.25) is 0 Å². The average molecular weight is 269 g/mol. The molecule has 0 unspecified atom stereocenters. The quantitative estimate of drug-likeness (QED) is 0.884. The van der Waals surface area contributed by atoms with Crippen LogP contribution in [0.3, 0.4) is 0 Å². The minimum absolute atomic E-state index is 0.728. The highest BCUT2D eigenvalue weighted by Crippen LogP contribution is 2.18. The summed E-state index contributed by atoms with van der Waals surface area (Å²) in [5.74, 6) is 0. The van der Waals surface area contributed by atoms with Crippen LogP contribution in [0.1, 0.15) is 17.1 Å². The van der Waals surface area contributed by atoms with Crippen molar-refractivity contribution in [2.45, 2.75) is 33.5 Å². The topological polar surface area (TPSA) is 60.6 Å². The third-order valence-corrected chi connectivity index (χ3v) is 3.33. The Morgan fingerprint density at radius 3 is 2.72 bits per heavy atom. The van der Waals surface area contributed by atoms with E-state index in [2.05, 4.69) is 20.7 Å². The molecule has 2 aromatic rings. The summed E-state index contributed by atoms with van der Waals surface area (Å²) in [6.45, 7) is 6.07. The smallest absolute Gasteiger partial charge is 0.0964 e. The molecule has 2 heterocycles. The number of halogens is 1.